The summed E-state index contributed by atoms with van der Waals surface area (Å²) in [5.74, 6) is 0.690. The Labute approximate surface area is 144 Å². The monoisotopic (exact) mass is 349 g/mol. The lowest BCUT2D eigenvalue weighted by Crippen LogP contribution is -2.39. The average molecular weight is 350 g/mol. The molecule has 1 saturated heterocycles. The second kappa shape index (κ2) is 10.6. The molecule has 6 nitrogen and oxygen atoms in total. The van der Waals surface area contributed by atoms with Crippen LogP contribution in [0, 0.1) is 0 Å². The molecule has 1 aliphatic heterocycles. The van der Waals surface area contributed by atoms with Gasteiger partial charge in [0.05, 0.1) is 0 Å². The third-order valence-electron chi connectivity index (χ3n) is 3.43. The number of hydrogen-bond donors (Lipinski definition) is 2. The van der Waals surface area contributed by atoms with Gasteiger partial charge in [-0.1, -0.05) is 6.92 Å². The van der Waals surface area contributed by atoms with Crippen LogP contribution in [-0.2, 0) is 0 Å². The Morgan fingerprint density at radius 1 is 1.27 bits per heavy atom. The Bertz CT molecular complexity index is 437. The van der Waals surface area contributed by atoms with E-state index >= 15 is 0 Å². The zero-order valence-corrected chi connectivity index (χ0v) is 14.7. The van der Waals surface area contributed by atoms with Gasteiger partial charge >= 0.3 is 0 Å². The molecule has 2 rings (SSSR count). The fourth-order valence-corrected chi connectivity index (χ4v) is 2.32. The van der Waals surface area contributed by atoms with Gasteiger partial charge in [-0.2, -0.15) is 0 Å². The molecule has 1 amide bonds. The minimum Gasteiger partial charge on any atom is -0.355 e. The lowest BCUT2D eigenvalue weighted by atomic mass is 10.3. The van der Waals surface area contributed by atoms with E-state index in [1.165, 1.54) is 12.8 Å². The second-order valence-electron chi connectivity index (χ2n) is 5.14. The van der Waals surface area contributed by atoms with Crippen LogP contribution < -0.4 is 15.5 Å². The summed E-state index contributed by atoms with van der Waals surface area (Å²) in [7, 11) is 0. The summed E-state index contributed by atoms with van der Waals surface area (Å²) in [4.78, 5) is 14.1. The molecule has 22 heavy (non-hydrogen) atoms. The largest absolute Gasteiger partial charge is 0.355 e. The van der Waals surface area contributed by atoms with Gasteiger partial charge in [-0.05, 0) is 38.4 Å². The van der Waals surface area contributed by atoms with E-state index in [-0.39, 0.29) is 36.8 Å². The highest BCUT2D eigenvalue weighted by Gasteiger charge is 2.15. The lowest BCUT2D eigenvalue weighted by molar-refractivity contribution is 0.0944. The van der Waals surface area contributed by atoms with Crippen LogP contribution >= 0.6 is 24.8 Å². The highest BCUT2D eigenvalue weighted by molar-refractivity contribution is 5.92. The van der Waals surface area contributed by atoms with Crippen LogP contribution in [0.2, 0.25) is 0 Å². The Kier molecular flexibility index (Phi) is 10.1. The first kappa shape index (κ1) is 20.9. The Morgan fingerprint density at radius 2 is 1.95 bits per heavy atom. The number of nitrogens with one attached hydrogen (secondary N) is 2. The highest BCUT2D eigenvalue weighted by atomic mass is 35.5. The minimum absolute atomic E-state index is 0. The maximum atomic E-state index is 11.9. The molecule has 0 saturated carbocycles. The molecule has 0 aliphatic carbocycles. The Balaban J connectivity index is 0.00000220. The van der Waals surface area contributed by atoms with Crippen molar-refractivity contribution < 1.29 is 4.79 Å². The molecule has 1 aliphatic rings. The van der Waals surface area contributed by atoms with E-state index in [9.17, 15) is 4.79 Å². The molecule has 8 heteroatoms. The third kappa shape index (κ3) is 5.94. The Morgan fingerprint density at radius 3 is 2.50 bits per heavy atom. The molecular formula is C14H25Cl2N5O. The van der Waals surface area contributed by atoms with Crippen molar-refractivity contribution >= 4 is 36.5 Å². The van der Waals surface area contributed by atoms with E-state index in [0.29, 0.717) is 12.2 Å². The van der Waals surface area contributed by atoms with Gasteiger partial charge in [0.2, 0.25) is 0 Å². The molecule has 126 valence electrons. The Hall–Kier alpha value is -1.11. The van der Waals surface area contributed by atoms with Crippen LogP contribution in [0.1, 0.15) is 37.2 Å². The number of likely N-dealkylation sites (N-methyl/N-ethyl adjacent to an activating group) is 1. The number of aromatic nitrogens is 2. The summed E-state index contributed by atoms with van der Waals surface area (Å²) in [6.45, 7) is 7.61. The zero-order valence-electron chi connectivity index (χ0n) is 13.0. The van der Waals surface area contributed by atoms with Crippen molar-refractivity contribution in [2.75, 3.05) is 31.1 Å². The van der Waals surface area contributed by atoms with Crippen molar-refractivity contribution in [3.05, 3.63) is 17.8 Å². The molecule has 1 aromatic heterocycles. The predicted octanol–water partition coefficient (Wildman–Crippen LogP) is 1.65. The molecule has 1 fully saturated rings. The van der Waals surface area contributed by atoms with E-state index in [4.69, 9.17) is 0 Å². The van der Waals surface area contributed by atoms with Crippen molar-refractivity contribution in [1.82, 2.24) is 20.8 Å². The highest BCUT2D eigenvalue weighted by Crippen LogP contribution is 2.16. The fourth-order valence-electron chi connectivity index (χ4n) is 2.32. The van der Waals surface area contributed by atoms with E-state index in [1.807, 2.05) is 19.9 Å². The van der Waals surface area contributed by atoms with Crippen LogP contribution in [0.3, 0.4) is 0 Å². The quantitative estimate of drug-likeness (QED) is 0.816. The predicted molar refractivity (Wildman–Crippen MR) is 93.4 cm³/mol. The van der Waals surface area contributed by atoms with Crippen molar-refractivity contribution in [2.24, 2.45) is 0 Å². The first-order valence-corrected chi connectivity index (χ1v) is 7.31. The summed E-state index contributed by atoms with van der Waals surface area (Å²) in [5.41, 5.74) is 0.372. The first-order chi connectivity index (χ1) is 9.70. The normalized spacial score (nSPS) is 14.7. The molecule has 1 atom stereocenters. The van der Waals surface area contributed by atoms with Crippen LogP contribution in [0.15, 0.2) is 12.1 Å². The standard InChI is InChI=1S/C14H23N5O.2ClH/c1-3-15-11(2)10-16-14(20)12-6-7-13(18-17-12)19-8-4-5-9-19;;/h6-7,11,15H,3-5,8-10H2,1-2H3,(H,16,20);2*1H/t11-;;/m1../s1. The van der Waals surface area contributed by atoms with Gasteiger partial charge in [0.15, 0.2) is 11.5 Å². The lowest BCUT2D eigenvalue weighted by Gasteiger charge is -2.15. The van der Waals surface area contributed by atoms with Gasteiger partial charge in [-0.25, -0.2) is 0 Å². The number of anilines is 1. The summed E-state index contributed by atoms with van der Waals surface area (Å²) < 4.78 is 0. The van der Waals surface area contributed by atoms with Crippen LogP contribution in [-0.4, -0.2) is 48.3 Å². The molecule has 1 aromatic rings. The molecule has 0 unspecified atom stereocenters. The van der Waals surface area contributed by atoms with Crippen molar-refractivity contribution in [3.63, 3.8) is 0 Å². The third-order valence-corrected chi connectivity index (χ3v) is 3.43. The van der Waals surface area contributed by atoms with E-state index in [0.717, 1.165) is 25.5 Å². The van der Waals surface area contributed by atoms with Crippen LogP contribution in [0.25, 0.3) is 0 Å². The molecule has 0 spiro atoms. The zero-order chi connectivity index (χ0) is 14.4. The van der Waals surface area contributed by atoms with E-state index < -0.39 is 0 Å². The van der Waals surface area contributed by atoms with Crippen molar-refractivity contribution in [3.8, 4) is 0 Å². The van der Waals surface area contributed by atoms with Crippen LogP contribution in [0.5, 0.6) is 0 Å². The maximum absolute atomic E-state index is 11.9. The molecule has 2 heterocycles. The topological polar surface area (TPSA) is 70.2 Å². The number of hydrogen-bond acceptors (Lipinski definition) is 5. The second-order valence-corrected chi connectivity index (χ2v) is 5.14. The number of halogens is 2. The fraction of sp³-hybridized carbons (Fsp3) is 0.643. The summed E-state index contributed by atoms with van der Waals surface area (Å²) in [5, 5.41) is 14.3. The molecular weight excluding hydrogens is 325 g/mol. The number of amides is 1. The SMILES string of the molecule is CCN[C@H](C)CNC(=O)c1ccc(N2CCCC2)nn1.Cl.Cl. The molecule has 2 N–H and O–H groups in total. The molecule has 0 radical (unpaired) electrons. The van der Waals surface area contributed by atoms with Gasteiger partial charge in [-0.15, -0.1) is 35.0 Å². The van der Waals surface area contributed by atoms with Gasteiger partial charge in [-0.3, -0.25) is 4.79 Å². The van der Waals surface area contributed by atoms with Gasteiger partial charge in [0, 0.05) is 25.7 Å². The van der Waals surface area contributed by atoms with Gasteiger partial charge < -0.3 is 15.5 Å². The van der Waals surface area contributed by atoms with Crippen molar-refractivity contribution in [2.45, 2.75) is 32.7 Å². The number of rotatable bonds is 6. The number of carbonyl (C=O) groups excluding carboxylic acids is 1. The van der Waals surface area contributed by atoms with Crippen molar-refractivity contribution in [1.29, 1.82) is 0 Å². The smallest absolute Gasteiger partial charge is 0.271 e. The first-order valence-electron chi connectivity index (χ1n) is 7.31. The average Bonchev–Trinajstić information content (AvgIpc) is 2.99. The number of nitrogens with zero attached hydrogens (tertiary/aromatic N) is 3. The van der Waals surface area contributed by atoms with Gasteiger partial charge in [0.1, 0.15) is 0 Å². The van der Waals surface area contributed by atoms with Gasteiger partial charge in [0.25, 0.3) is 5.91 Å². The minimum atomic E-state index is -0.171. The molecule has 0 bridgehead atoms. The number of carbonyl (C=O) groups is 1. The summed E-state index contributed by atoms with van der Waals surface area (Å²) in [6, 6.07) is 3.87. The van der Waals surface area contributed by atoms with Crippen LogP contribution in [0.4, 0.5) is 5.82 Å². The molecule has 0 aromatic carbocycles. The summed E-state index contributed by atoms with van der Waals surface area (Å²) in [6.07, 6.45) is 2.40. The van der Waals surface area contributed by atoms with E-state index in [1.54, 1.807) is 6.07 Å². The van der Waals surface area contributed by atoms with E-state index in [2.05, 4.69) is 25.7 Å². The maximum Gasteiger partial charge on any atom is 0.271 e. The summed E-state index contributed by atoms with van der Waals surface area (Å²) >= 11 is 0.